The average Bonchev–Trinajstić information content (AvgIpc) is 2.68. The van der Waals surface area contributed by atoms with Crippen LogP contribution in [-0.4, -0.2) is 34.0 Å². The third-order valence-corrected chi connectivity index (χ3v) is 5.49. The van der Waals surface area contributed by atoms with Gasteiger partial charge in [-0.25, -0.2) is 4.39 Å². The Labute approximate surface area is 183 Å². The fourth-order valence-corrected chi connectivity index (χ4v) is 4.00. The number of hydrogen-bond donors (Lipinski definition) is 1. The number of carbonyl (C=O) groups is 2. The first-order chi connectivity index (χ1) is 14.2. The van der Waals surface area contributed by atoms with Gasteiger partial charge in [-0.05, 0) is 44.4 Å². The molecule has 1 atom stereocenters. The van der Waals surface area contributed by atoms with Crippen LogP contribution in [0.4, 0.5) is 4.39 Å². The molecule has 0 heterocycles. The summed E-state index contributed by atoms with van der Waals surface area (Å²) in [6, 6.07) is 15.7. The summed E-state index contributed by atoms with van der Waals surface area (Å²) < 4.78 is 13.8. The van der Waals surface area contributed by atoms with Crippen LogP contribution in [0, 0.1) is 5.82 Å². The van der Waals surface area contributed by atoms with Crippen molar-refractivity contribution in [2.45, 2.75) is 58.0 Å². The summed E-state index contributed by atoms with van der Waals surface area (Å²) in [6.07, 6.45) is 0.512. The van der Waals surface area contributed by atoms with Gasteiger partial charge in [-0.15, -0.1) is 11.8 Å². The molecule has 0 unspecified atom stereocenters. The van der Waals surface area contributed by atoms with Crippen molar-refractivity contribution in [3.8, 4) is 0 Å². The molecule has 2 rings (SSSR count). The normalized spacial score (nSPS) is 12.3. The average molecular weight is 431 g/mol. The SMILES string of the molecule is CC[C@H](C(=O)NC(C)(C)C)N(Cc1ccccc1)C(=O)CSCc1ccccc1F. The molecule has 2 aromatic rings. The van der Waals surface area contributed by atoms with E-state index >= 15 is 0 Å². The summed E-state index contributed by atoms with van der Waals surface area (Å²) in [5.74, 6) is 0.0299. The van der Waals surface area contributed by atoms with Crippen LogP contribution in [0.25, 0.3) is 0 Å². The zero-order valence-electron chi connectivity index (χ0n) is 18.2. The standard InChI is InChI=1S/C24H31FN2O2S/c1-5-21(23(29)26-24(2,3)4)27(15-18-11-7-6-8-12-18)22(28)17-30-16-19-13-9-10-14-20(19)25/h6-14,21H,5,15-17H2,1-4H3,(H,26,29)/t21-/m1/s1. The zero-order valence-corrected chi connectivity index (χ0v) is 19.0. The highest BCUT2D eigenvalue weighted by molar-refractivity contribution is 7.99. The molecule has 30 heavy (non-hydrogen) atoms. The van der Waals surface area contributed by atoms with Crippen molar-refractivity contribution in [3.05, 3.63) is 71.5 Å². The second-order valence-electron chi connectivity index (χ2n) is 8.25. The fraction of sp³-hybridized carbons (Fsp3) is 0.417. The molecule has 0 radical (unpaired) electrons. The van der Waals surface area contributed by atoms with E-state index in [1.807, 2.05) is 58.0 Å². The van der Waals surface area contributed by atoms with E-state index in [0.29, 0.717) is 24.3 Å². The van der Waals surface area contributed by atoms with Gasteiger partial charge in [0.2, 0.25) is 11.8 Å². The predicted octanol–water partition coefficient (Wildman–Crippen LogP) is 4.78. The van der Waals surface area contributed by atoms with Crippen molar-refractivity contribution in [3.63, 3.8) is 0 Å². The number of benzene rings is 2. The maximum Gasteiger partial charge on any atom is 0.243 e. The summed E-state index contributed by atoms with van der Waals surface area (Å²) in [7, 11) is 0. The molecule has 2 aromatic carbocycles. The smallest absolute Gasteiger partial charge is 0.243 e. The van der Waals surface area contributed by atoms with E-state index in [1.165, 1.54) is 17.8 Å². The van der Waals surface area contributed by atoms with Crippen molar-refractivity contribution in [1.29, 1.82) is 0 Å². The third-order valence-electron chi connectivity index (χ3n) is 4.52. The second-order valence-corrected chi connectivity index (χ2v) is 9.24. The molecule has 0 saturated heterocycles. The molecule has 2 amide bonds. The first-order valence-corrected chi connectivity index (χ1v) is 11.3. The zero-order chi connectivity index (χ0) is 22.1. The van der Waals surface area contributed by atoms with Crippen molar-refractivity contribution in [2.75, 3.05) is 5.75 Å². The van der Waals surface area contributed by atoms with Crippen molar-refractivity contribution in [2.24, 2.45) is 0 Å². The number of amides is 2. The lowest BCUT2D eigenvalue weighted by Crippen LogP contribution is -2.53. The summed E-state index contributed by atoms with van der Waals surface area (Å²) in [6.45, 7) is 8.03. The van der Waals surface area contributed by atoms with Gasteiger partial charge in [0.1, 0.15) is 11.9 Å². The Balaban J connectivity index is 2.13. The number of thioether (sulfide) groups is 1. The number of rotatable bonds is 9. The quantitative estimate of drug-likeness (QED) is 0.623. The number of hydrogen-bond acceptors (Lipinski definition) is 3. The van der Waals surface area contributed by atoms with E-state index in [1.54, 1.807) is 23.1 Å². The van der Waals surface area contributed by atoms with Gasteiger partial charge in [-0.1, -0.05) is 55.5 Å². The Morgan fingerprint density at radius 2 is 1.70 bits per heavy atom. The van der Waals surface area contributed by atoms with Gasteiger partial charge < -0.3 is 10.2 Å². The van der Waals surface area contributed by atoms with Crippen LogP contribution in [0.3, 0.4) is 0 Å². The fourth-order valence-electron chi connectivity index (χ4n) is 3.10. The molecule has 162 valence electrons. The lowest BCUT2D eigenvalue weighted by Gasteiger charge is -2.33. The predicted molar refractivity (Wildman–Crippen MR) is 122 cm³/mol. The van der Waals surface area contributed by atoms with Gasteiger partial charge in [-0.3, -0.25) is 9.59 Å². The molecule has 0 aliphatic carbocycles. The van der Waals surface area contributed by atoms with E-state index in [0.717, 1.165) is 5.56 Å². The summed E-state index contributed by atoms with van der Waals surface area (Å²) in [5, 5.41) is 2.99. The summed E-state index contributed by atoms with van der Waals surface area (Å²) in [4.78, 5) is 27.7. The Bertz CT molecular complexity index is 837. The molecule has 0 aliphatic heterocycles. The number of nitrogens with one attached hydrogen (secondary N) is 1. The van der Waals surface area contributed by atoms with Gasteiger partial charge in [0.15, 0.2) is 0 Å². The number of nitrogens with zero attached hydrogens (tertiary/aromatic N) is 1. The summed E-state index contributed by atoms with van der Waals surface area (Å²) >= 11 is 1.36. The molecule has 0 spiro atoms. The molecular weight excluding hydrogens is 399 g/mol. The summed E-state index contributed by atoms with van der Waals surface area (Å²) in [5.41, 5.74) is 1.15. The van der Waals surface area contributed by atoms with Crippen LogP contribution in [0.5, 0.6) is 0 Å². The Hall–Kier alpha value is -2.34. The van der Waals surface area contributed by atoms with E-state index in [2.05, 4.69) is 5.32 Å². The Kier molecular flexibility index (Phi) is 8.90. The molecule has 4 nitrogen and oxygen atoms in total. The lowest BCUT2D eigenvalue weighted by molar-refractivity contribution is -0.140. The second kappa shape index (κ2) is 11.2. The van der Waals surface area contributed by atoms with Crippen molar-refractivity contribution in [1.82, 2.24) is 10.2 Å². The van der Waals surface area contributed by atoms with Gasteiger partial charge in [0.25, 0.3) is 0 Å². The molecular formula is C24H31FN2O2S. The van der Waals surface area contributed by atoms with Gasteiger partial charge in [-0.2, -0.15) is 0 Å². The van der Waals surface area contributed by atoms with E-state index < -0.39 is 6.04 Å². The molecule has 0 aromatic heterocycles. The van der Waals surface area contributed by atoms with Gasteiger partial charge in [0.05, 0.1) is 5.75 Å². The van der Waals surface area contributed by atoms with Crippen LogP contribution in [-0.2, 0) is 21.9 Å². The Morgan fingerprint density at radius 1 is 1.07 bits per heavy atom. The largest absolute Gasteiger partial charge is 0.350 e. The van der Waals surface area contributed by atoms with Crippen molar-refractivity contribution < 1.29 is 14.0 Å². The van der Waals surface area contributed by atoms with Crippen LogP contribution < -0.4 is 5.32 Å². The monoisotopic (exact) mass is 430 g/mol. The van der Waals surface area contributed by atoms with Gasteiger partial charge >= 0.3 is 0 Å². The van der Waals surface area contributed by atoms with E-state index in [9.17, 15) is 14.0 Å². The highest BCUT2D eigenvalue weighted by atomic mass is 32.2. The van der Waals surface area contributed by atoms with E-state index in [4.69, 9.17) is 0 Å². The number of carbonyl (C=O) groups excluding carboxylic acids is 2. The molecule has 1 N–H and O–H groups in total. The van der Waals surface area contributed by atoms with Crippen LogP contribution >= 0.6 is 11.8 Å². The lowest BCUT2D eigenvalue weighted by atomic mass is 10.1. The van der Waals surface area contributed by atoms with Crippen molar-refractivity contribution >= 4 is 23.6 Å². The minimum Gasteiger partial charge on any atom is -0.350 e. The highest BCUT2D eigenvalue weighted by Gasteiger charge is 2.30. The van der Waals surface area contributed by atoms with Gasteiger partial charge in [0, 0.05) is 17.8 Å². The van der Waals surface area contributed by atoms with E-state index in [-0.39, 0.29) is 28.9 Å². The molecule has 0 saturated carbocycles. The number of halogens is 1. The first kappa shape index (κ1) is 23.9. The van der Waals surface area contributed by atoms with Crippen LogP contribution in [0.1, 0.15) is 45.2 Å². The molecule has 0 bridgehead atoms. The van der Waals surface area contributed by atoms with Crippen LogP contribution in [0.15, 0.2) is 54.6 Å². The third kappa shape index (κ3) is 7.48. The highest BCUT2D eigenvalue weighted by Crippen LogP contribution is 2.19. The minimum absolute atomic E-state index is 0.129. The molecule has 6 heteroatoms. The molecule has 0 fully saturated rings. The maximum absolute atomic E-state index is 13.8. The maximum atomic E-state index is 13.8. The topological polar surface area (TPSA) is 49.4 Å². The first-order valence-electron chi connectivity index (χ1n) is 10.2. The Morgan fingerprint density at radius 3 is 2.30 bits per heavy atom. The molecule has 0 aliphatic rings. The minimum atomic E-state index is -0.564. The van der Waals surface area contributed by atoms with Crippen LogP contribution in [0.2, 0.25) is 0 Å².